The topological polar surface area (TPSA) is 30.0 Å². The van der Waals surface area contributed by atoms with E-state index in [1.54, 1.807) is 0 Å². The summed E-state index contributed by atoms with van der Waals surface area (Å²) in [5.41, 5.74) is 0. The lowest BCUT2D eigenvalue weighted by molar-refractivity contribution is -0.108. The highest BCUT2D eigenvalue weighted by molar-refractivity contribution is 5.51. The average molecular weight is 848 g/mol. The Balaban J connectivity index is 0.00000120. The highest BCUT2D eigenvalue weighted by Gasteiger charge is 2.21. The first-order chi connectivity index (χ1) is 29.5. The van der Waals surface area contributed by atoms with E-state index in [1.807, 2.05) is 0 Å². The molecule has 1 fully saturated rings. The summed E-state index contributed by atoms with van der Waals surface area (Å²) in [6.07, 6.45) is 51.4. The molecule has 5 nitrogen and oxygen atoms in total. The zero-order chi connectivity index (χ0) is 43.8. The van der Waals surface area contributed by atoms with Crippen LogP contribution in [0.3, 0.4) is 0 Å². The van der Waals surface area contributed by atoms with Crippen LogP contribution in [-0.4, -0.2) is 105 Å². The van der Waals surface area contributed by atoms with E-state index in [0.29, 0.717) is 6.54 Å². The second-order valence-electron chi connectivity index (χ2n) is 19.6. The van der Waals surface area contributed by atoms with Gasteiger partial charge in [-0.15, -0.1) is 0 Å². The number of unbranched alkanes of at least 4 members (excludes halogenated alkanes) is 30. The number of likely N-dealkylation sites (tertiary alicyclic amines) is 1. The first-order valence-electron chi connectivity index (χ1n) is 27.8. The van der Waals surface area contributed by atoms with Gasteiger partial charge >= 0.3 is 0 Å². The maximum atomic E-state index is 11.2. The molecule has 1 unspecified atom stereocenters. The van der Waals surface area contributed by atoms with Gasteiger partial charge in [-0.05, 0) is 90.8 Å². The SMILES string of the molecule is CCCCCCCCCN(CC=O)CCN(CCCCCCCCC)CCCCCCCCC.CCCCCCCCCN(CCCCCCCCC)CC1CCN(C)C1. The largest absolute Gasteiger partial charge is 0.306 e. The van der Waals surface area contributed by atoms with E-state index in [0.717, 1.165) is 31.8 Å². The van der Waals surface area contributed by atoms with Crippen molar-refractivity contribution >= 4 is 6.29 Å². The van der Waals surface area contributed by atoms with Gasteiger partial charge in [0.2, 0.25) is 0 Å². The summed E-state index contributed by atoms with van der Waals surface area (Å²) in [5, 5.41) is 0. The minimum Gasteiger partial charge on any atom is -0.306 e. The Morgan fingerprint density at radius 3 is 0.967 bits per heavy atom. The molecule has 0 aliphatic carbocycles. The maximum absolute atomic E-state index is 11.2. The Hall–Kier alpha value is -0.490. The van der Waals surface area contributed by atoms with Gasteiger partial charge in [-0.2, -0.15) is 0 Å². The lowest BCUT2D eigenvalue weighted by Gasteiger charge is -2.27. The second kappa shape index (κ2) is 49.5. The third-order valence-corrected chi connectivity index (χ3v) is 13.5. The molecule has 0 aromatic carbocycles. The molecule has 0 bridgehead atoms. The third kappa shape index (κ3) is 42.8. The molecule has 1 aliphatic rings. The van der Waals surface area contributed by atoms with Crippen molar-refractivity contribution in [2.45, 2.75) is 266 Å². The molecule has 1 rings (SSSR count). The summed E-state index contributed by atoms with van der Waals surface area (Å²) in [7, 11) is 2.29. The van der Waals surface area contributed by atoms with Gasteiger partial charge in [-0.25, -0.2) is 0 Å². The predicted octanol–water partition coefficient (Wildman–Crippen LogP) is 15.8. The van der Waals surface area contributed by atoms with Crippen LogP contribution < -0.4 is 0 Å². The molecule has 1 atom stereocenters. The summed E-state index contributed by atoms with van der Waals surface area (Å²) in [5.74, 6) is 0.925. The lowest BCUT2D eigenvalue weighted by Crippen LogP contribution is -2.37. The molecule has 0 spiro atoms. The third-order valence-electron chi connectivity index (χ3n) is 13.5. The van der Waals surface area contributed by atoms with Gasteiger partial charge in [0.25, 0.3) is 0 Å². The van der Waals surface area contributed by atoms with Crippen molar-refractivity contribution in [1.82, 2.24) is 19.6 Å². The van der Waals surface area contributed by atoms with E-state index in [9.17, 15) is 4.79 Å². The van der Waals surface area contributed by atoms with Gasteiger partial charge < -0.3 is 19.5 Å². The highest BCUT2D eigenvalue weighted by atomic mass is 16.1. The Morgan fingerprint density at radius 1 is 0.383 bits per heavy atom. The van der Waals surface area contributed by atoms with Crippen LogP contribution in [-0.2, 0) is 4.79 Å². The second-order valence-corrected chi connectivity index (χ2v) is 19.6. The van der Waals surface area contributed by atoms with Crippen molar-refractivity contribution in [3.63, 3.8) is 0 Å². The summed E-state index contributed by atoms with van der Waals surface area (Å²) < 4.78 is 0. The first-order valence-corrected chi connectivity index (χ1v) is 27.8. The van der Waals surface area contributed by atoms with Crippen LogP contribution in [0.1, 0.15) is 266 Å². The molecular formula is C55H114N4O. The van der Waals surface area contributed by atoms with Gasteiger partial charge in [0.05, 0.1) is 6.54 Å². The molecule has 0 amide bonds. The molecule has 360 valence electrons. The minimum absolute atomic E-state index is 0.610. The molecule has 5 heteroatoms. The molecule has 60 heavy (non-hydrogen) atoms. The summed E-state index contributed by atoms with van der Waals surface area (Å²) in [6.45, 7) is 24.6. The van der Waals surface area contributed by atoms with Crippen LogP contribution in [0.5, 0.6) is 0 Å². The van der Waals surface area contributed by atoms with E-state index in [-0.39, 0.29) is 0 Å². The minimum atomic E-state index is 0.610. The van der Waals surface area contributed by atoms with E-state index < -0.39 is 0 Å². The first kappa shape index (κ1) is 59.5. The average Bonchev–Trinajstić information content (AvgIpc) is 3.67. The van der Waals surface area contributed by atoms with Gasteiger partial charge in [0.1, 0.15) is 6.29 Å². The zero-order valence-electron chi connectivity index (χ0n) is 42.6. The van der Waals surface area contributed by atoms with Crippen molar-refractivity contribution in [1.29, 1.82) is 0 Å². The molecule has 1 saturated heterocycles. The van der Waals surface area contributed by atoms with Crippen molar-refractivity contribution < 1.29 is 4.79 Å². The lowest BCUT2D eigenvalue weighted by atomic mass is 10.1. The highest BCUT2D eigenvalue weighted by Crippen LogP contribution is 2.18. The van der Waals surface area contributed by atoms with E-state index in [4.69, 9.17) is 0 Å². The summed E-state index contributed by atoms with van der Waals surface area (Å²) in [4.78, 5) is 21.7. The normalized spacial score (nSPS) is 14.5. The number of hydrogen-bond donors (Lipinski definition) is 0. The van der Waals surface area contributed by atoms with Crippen molar-refractivity contribution in [3.05, 3.63) is 0 Å². The Labute approximate surface area is 380 Å². The van der Waals surface area contributed by atoms with E-state index >= 15 is 0 Å². The number of hydrogen-bond acceptors (Lipinski definition) is 5. The van der Waals surface area contributed by atoms with Crippen molar-refractivity contribution in [3.8, 4) is 0 Å². The van der Waals surface area contributed by atoms with E-state index in [2.05, 4.69) is 61.3 Å². The number of aldehydes is 1. The fourth-order valence-electron chi connectivity index (χ4n) is 9.32. The van der Waals surface area contributed by atoms with Crippen LogP contribution in [0.4, 0.5) is 0 Å². The monoisotopic (exact) mass is 847 g/mol. The molecule has 0 N–H and O–H groups in total. The van der Waals surface area contributed by atoms with Gasteiger partial charge in [-0.1, -0.05) is 227 Å². The fourth-order valence-corrected chi connectivity index (χ4v) is 9.32. The van der Waals surface area contributed by atoms with Gasteiger partial charge in [0.15, 0.2) is 0 Å². The smallest absolute Gasteiger partial charge is 0.133 e. The van der Waals surface area contributed by atoms with E-state index in [1.165, 1.54) is 277 Å². The molecule has 0 aromatic rings. The standard InChI is InChI=1S/C31H64N2O.C24H50N2/c1-4-7-10-13-16-19-22-25-32(26-23-20-17-14-11-8-5-2)28-29-33(30-31-34)27-24-21-18-15-12-9-6-3;1-4-6-8-10-12-14-16-19-26(23-24-18-21-25(3)22-24)20-17-15-13-11-9-7-5-2/h31H,4-30H2,1-3H3;24H,4-23H2,1-3H3. The van der Waals surface area contributed by atoms with Crippen LogP contribution in [0.25, 0.3) is 0 Å². The molecular weight excluding hydrogens is 733 g/mol. The van der Waals surface area contributed by atoms with Crippen molar-refractivity contribution in [2.75, 3.05) is 79.0 Å². The quantitative estimate of drug-likeness (QED) is 0.0450. The molecule has 0 aromatic heterocycles. The Morgan fingerprint density at radius 2 is 0.667 bits per heavy atom. The van der Waals surface area contributed by atoms with Gasteiger partial charge in [-0.3, -0.25) is 4.90 Å². The maximum Gasteiger partial charge on any atom is 0.133 e. The number of rotatable bonds is 47. The van der Waals surface area contributed by atoms with Crippen molar-refractivity contribution in [2.24, 2.45) is 5.92 Å². The van der Waals surface area contributed by atoms with Crippen LogP contribution in [0.2, 0.25) is 0 Å². The zero-order valence-corrected chi connectivity index (χ0v) is 42.6. The summed E-state index contributed by atoms with van der Waals surface area (Å²) in [6, 6.07) is 0. The Bertz CT molecular complexity index is 773. The molecule has 1 aliphatic heterocycles. The number of nitrogens with zero attached hydrogens (tertiary/aromatic N) is 4. The molecule has 0 saturated carbocycles. The fraction of sp³-hybridized carbons (Fsp3) is 0.982. The number of carbonyl (C=O) groups is 1. The predicted molar refractivity (Wildman–Crippen MR) is 271 cm³/mol. The molecule has 0 radical (unpaired) electrons. The summed E-state index contributed by atoms with van der Waals surface area (Å²) >= 11 is 0. The van der Waals surface area contributed by atoms with Crippen LogP contribution in [0, 0.1) is 5.92 Å². The molecule has 1 heterocycles. The van der Waals surface area contributed by atoms with Crippen LogP contribution in [0.15, 0.2) is 0 Å². The van der Waals surface area contributed by atoms with Crippen LogP contribution >= 0.6 is 0 Å². The van der Waals surface area contributed by atoms with Gasteiger partial charge in [0, 0.05) is 26.2 Å². The number of carbonyl (C=O) groups excluding carboxylic acids is 1. The Kier molecular flexibility index (Phi) is 49.1.